The van der Waals surface area contributed by atoms with E-state index in [4.69, 9.17) is 4.74 Å². The minimum absolute atomic E-state index is 0.189. The molecule has 1 atom stereocenters. The summed E-state index contributed by atoms with van der Waals surface area (Å²) in [4.78, 5) is 33.1. The van der Waals surface area contributed by atoms with E-state index in [9.17, 15) is 9.59 Å². The van der Waals surface area contributed by atoms with Gasteiger partial charge in [0.15, 0.2) is 0 Å². The molecule has 0 bridgehead atoms. The molecule has 0 radical (unpaired) electrons. The van der Waals surface area contributed by atoms with Crippen molar-refractivity contribution < 1.29 is 14.3 Å². The van der Waals surface area contributed by atoms with Crippen LogP contribution in [0.2, 0.25) is 0 Å². The zero-order chi connectivity index (χ0) is 19.4. The van der Waals surface area contributed by atoms with Crippen LogP contribution in [0.15, 0.2) is 24.5 Å². The van der Waals surface area contributed by atoms with Crippen molar-refractivity contribution in [3.63, 3.8) is 0 Å². The van der Waals surface area contributed by atoms with Crippen LogP contribution in [0.5, 0.6) is 0 Å². The summed E-state index contributed by atoms with van der Waals surface area (Å²) in [6.45, 7) is 4.04. The Hall–Kier alpha value is -1.95. The van der Waals surface area contributed by atoms with Crippen molar-refractivity contribution in [3.05, 3.63) is 30.1 Å². The number of aromatic nitrogens is 1. The minimum Gasteiger partial charge on any atom is -0.376 e. The summed E-state index contributed by atoms with van der Waals surface area (Å²) in [5.41, 5.74) is 1.35. The lowest BCUT2D eigenvalue weighted by molar-refractivity contribution is -0.144. The number of hydrogen-bond donors (Lipinski definition) is 0. The van der Waals surface area contributed by atoms with E-state index in [1.54, 1.807) is 12.4 Å². The van der Waals surface area contributed by atoms with Gasteiger partial charge < -0.3 is 14.5 Å². The van der Waals surface area contributed by atoms with Gasteiger partial charge in [-0.2, -0.15) is 0 Å². The molecule has 0 aliphatic carbocycles. The number of carbonyl (C=O) groups excluding carboxylic acids is 2. The normalized spacial score (nSPS) is 24.7. The number of piperidine rings is 2. The maximum Gasteiger partial charge on any atom is 0.222 e. The van der Waals surface area contributed by atoms with E-state index < -0.39 is 0 Å². The highest BCUT2D eigenvalue weighted by Gasteiger charge is 2.42. The van der Waals surface area contributed by atoms with E-state index in [0.717, 1.165) is 76.9 Å². The second kappa shape index (κ2) is 8.60. The fourth-order valence-corrected chi connectivity index (χ4v) is 4.90. The molecule has 3 fully saturated rings. The third-order valence-corrected chi connectivity index (χ3v) is 6.75. The zero-order valence-electron chi connectivity index (χ0n) is 16.6. The molecule has 4 rings (SSSR count). The van der Waals surface area contributed by atoms with Crippen molar-refractivity contribution in [2.75, 3.05) is 32.8 Å². The highest BCUT2D eigenvalue weighted by molar-refractivity contribution is 5.78. The van der Waals surface area contributed by atoms with Gasteiger partial charge >= 0.3 is 0 Å². The maximum absolute atomic E-state index is 12.6. The van der Waals surface area contributed by atoms with E-state index in [2.05, 4.69) is 4.98 Å². The van der Waals surface area contributed by atoms with Gasteiger partial charge in [-0.05, 0) is 61.6 Å². The summed E-state index contributed by atoms with van der Waals surface area (Å²) in [5, 5.41) is 0. The van der Waals surface area contributed by atoms with Crippen molar-refractivity contribution in [1.82, 2.24) is 14.8 Å². The third-order valence-electron chi connectivity index (χ3n) is 6.75. The average Bonchev–Trinajstić information content (AvgIpc) is 3.24. The van der Waals surface area contributed by atoms with Crippen LogP contribution in [-0.2, 0) is 20.7 Å². The summed E-state index contributed by atoms with van der Waals surface area (Å²) in [7, 11) is 0. The fourth-order valence-electron chi connectivity index (χ4n) is 4.90. The van der Waals surface area contributed by atoms with Crippen LogP contribution in [0.3, 0.4) is 0 Å². The Bertz CT molecular complexity index is 680. The Labute approximate surface area is 167 Å². The van der Waals surface area contributed by atoms with E-state index in [1.165, 1.54) is 0 Å². The summed E-state index contributed by atoms with van der Waals surface area (Å²) in [6, 6.07) is 3.94. The predicted octanol–water partition coefficient (Wildman–Crippen LogP) is 2.42. The SMILES string of the molecule is O=C(CCc1ccncc1)N1CCC2(CCC(=O)N(C[C@@H]3CCCO3)C2)CC1. The molecule has 0 unspecified atom stereocenters. The van der Waals surface area contributed by atoms with Gasteiger partial charge in [0.05, 0.1) is 6.10 Å². The number of ether oxygens (including phenoxy) is 1. The highest BCUT2D eigenvalue weighted by atomic mass is 16.5. The Morgan fingerprint density at radius 2 is 2.00 bits per heavy atom. The number of carbonyl (C=O) groups is 2. The number of likely N-dealkylation sites (tertiary alicyclic amines) is 2. The molecule has 4 heterocycles. The first-order valence-electron chi connectivity index (χ1n) is 10.7. The van der Waals surface area contributed by atoms with E-state index >= 15 is 0 Å². The lowest BCUT2D eigenvalue weighted by Crippen LogP contribution is -2.53. The number of amides is 2. The smallest absolute Gasteiger partial charge is 0.222 e. The van der Waals surface area contributed by atoms with Gasteiger partial charge in [0.25, 0.3) is 0 Å². The van der Waals surface area contributed by atoms with Crippen LogP contribution < -0.4 is 0 Å². The molecule has 6 nitrogen and oxygen atoms in total. The number of rotatable bonds is 5. The molecule has 1 aromatic heterocycles. The van der Waals surface area contributed by atoms with Crippen molar-refractivity contribution in [1.29, 1.82) is 0 Å². The Balaban J connectivity index is 1.27. The molecule has 3 aliphatic heterocycles. The largest absolute Gasteiger partial charge is 0.376 e. The van der Waals surface area contributed by atoms with E-state index in [-0.39, 0.29) is 23.3 Å². The molecule has 1 aromatic rings. The van der Waals surface area contributed by atoms with Gasteiger partial charge in [-0.25, -0.2) is 0 Å². The Morgan fingerprint density at radius 1 is 1.21 bits per heavy atom. The standard InChI is InChI=1S/C22H31N3O3/c26-20(4-3-18-6-11-23-12-7-18)24-13-9-22(10-14-24)8-5-21(27)25(17-22)16-19-2-1-15-28-19/h6-7,11-12,19H,1-5,8-10,13-17H2/t19-/m0/s1. The molecule has 0 N–H and O–H groups in total. The van der Waals surface area contributed by atoms with Crippen LogP contribution in [-0.4, -0.2) is 65.5 Å². The van der Waals surface area contributed by atoms with Crippen LogP contribution in [0.1, 0.15) is 50.5 Å². The number of aryl methyl sites for hydroxylation is 1. The lowest BCUT2D eigenvalue weighted by Gasteiger charge is -2.47. The van der Waals surface area contributed by atoms with Crippen LogP contribution in [0.4, 0.5) is 0 Å². The van der Waals surface area contributed by atoms with Gasteiger partial charge in [-0.15, -0.1) is 0 Å². The van der Waals surface area contributed by atoms with Crippen LogP contribution >= 0.6 is 0 Å². The lowest BCUT2D eigenvalue weighted by atomic mass is 9.72. The minimum atomic E-state index is 0.189. The first kappa shape index (κ1) is 19.4. The van der Waals surface area contributed by atoms with Gasteiger partial charge in [0, 0.05) is 58.0 Å². The van der Waals surface area contributed by atoms with Crippen molar-refractivity contribution in [2.24, 2.45) is 5.41 Å². The maximum atomic E-state index is 12.6. The topological polar surface area (TPSA) is 62.7 Å². The van der Waals surface area contributed by atoms with Gasteiger partial charge in [-0.3, -0.25) is 14.6 Å². The molecule has 3 saturated heterocycles. The molecular formula is C22H31N3O3. The van der Waals surface area contributed by atoms with E-state index in [1.807, 2.05) is 21.9 Å². The Morgan fingerprint density at radius 3 is 2.71 bits per heavy atom. The third kappa shape index (κ3) is 4.54. The molecule has 152 valence electrons. The molecule has 3 aliphatic rings. The van der Waals surface area contributed by atoms with Crippen LogP contribution in [0.25, 0.3) is 0 Å². The molecule has 1 spiro atoms. The summed E-state index contributed by atoms with van der Waals surface area (Å²) < 4.78 is 5.74. The number of pyridine rings is 1. The first-order chi connectivity index (χ1) is 13.6. The molecule has 2 amide bonds. The fraction of sp³-hybridized carbons (Fsp3) is 0.682. The molecule has 28 heavy (non-hydrogen) atoms. The van der Waals surface area contributed by atoms with Crippen molar-refractivity contribution in [3.8, 4) is 0 Å². The molecule has 6 heteroatoms. The quantitative estimate of drug-likeness (QED) is 0.781. The van der Waals surface area contributed by atoms with Crippen molar-refractivity contribution in [2.45, 2.75) is 57.5 Å². The number of nitrogens with zero attached hydrogens (tertiary/aromatic N) is 3. The zero-order valence-corrected chi connectivity index (χ0v) is 16.6. The summed E-state index contributed by atoms with van der Waals surface area (Å²) in [5.74, 6) is 0.520. The second-order valence-corrected chi connectivity index (χ2v) is 8.65. The van der Waals surface area contributed by atoms with Crippen LogP contribution in [0, 0.1) is 5.41 Å². The second-order valence-electron chi connectivity index (χ2n) is 8.65. The van der Waals surface area contributed by atoms with Gasteiger partial charge in [0.2, 0.25) is 11.8 Å². The predicted molar refractivity (Wildman–Crippen MR) is 106 cm³/mol. The molecule has 0 saturated carbocycles. The van der Waals surface area contributed by atoms with Gasteiger partial charge in [-0.1, -0.05) is 0 Å². The van der Waals surface area contributed by atoms with Gasteiger partial charge in [0.1, 0.15) is 0 Å². The van der Waals surface area contributed by atoms with Crippen molar-refractivity contribution >= 4 is 11.8 Å². The van der Waals surface area contributed by atoms with E-state index in [0.29, 0.717) is 12.8 Å². The first-order valence-corrected chi connectivity index (χ1v) is 10.7. The Kier molecular flexibility index (Phi) is 5.95. The molecular weight excluding hydrogens is 354 g/mol. The number of hydrogen-bond acceptors (Lipinski definition) is 4. The average molecular weight is 386 g/mol. The molecule has 0 aromatic carbocycles. The highest BCUT2D eigenvalue weighted by Crippen LogP contribution is 2.40. The monoisotopic (exact) mass is 385 g/mol. The summed E-state index contributed by atoms with van der Waals surface area (Å²) >= 11 is 0. The summed E-state index contributed by atoms with van der Waals surface area (Å²) in [6.07, 6.45) is 10.9.